The molecule has 3 aromatic rings. The maximum atomic E-state index is 14.1. The molecule has 134 valence electrons. The minimum absolute atomic E-state index is 0.0127. The summed E-state index contributed by atoms with van der Waals surface area (Å²) >= 11 is 1.33. The summed E-state index contributed by atoms with van der Waals surface area (Å²) in [5.74, 6) is -0.509. The largest absolute Gasteiger partial charge is 0.376 e. The summed E-state index contributed by atoms with van der Waals surface area (Å²) in [4.78, 5) is 19.2. The van der Waals surface area contributed by atoms with E-state index in [1.165, 1.54) is 17.4 Å². The summed E-state index contributed by atoms with van der Waals surface area (Å²) in [6.45, 7) is 3.12. The van der Waals surface area contributed by atoms with Crippen molar-refractivity contribution < 1.29 is 13.9 Å². The molecule has 0 aliphatic carbocycles. The van der Waals surface area contributed by atoms with Gasteiger partial charge in [0.1, 0.15) is 11.3 Å². The topological polar surface area (TPSA) is 42.4 Å². The Morgan fingerprint density at radius 2 is 2.12 bits per heavy atom. The molecule has 26 heavy (non-hydrogen) atoms. The van der Waals surface area contributed by atoms with E-state index in [0.717, 1.165) is 23.1 Å². The highest BCUT2D eigenvalue weighted by Gasteiger charge is 2.27. The predicted molar refractivity (Wildman–Crippen MR) is 101 cm³/mol. The van der Waals surface area contributed by atoms with Crippen LogP contribution in [-0.2, 0) is 4.74 Å². The van der Waals surface area contributed by atoms with E-state index < -0.39 is 0 Å². The smallest absolute Gasteiger partial charge is 0.260 e. The van der Waals surface area contributed by atoms with Crippen LogP contribution in [0.25, 0.3) is 10.2 Å². The lowest BCUT2D eigenvalue weighted by atomic mass is 10.1. The van der Waals surface area contributed by atoms with Gasteiger partial charge in [-0.2, -0.15) is 0 Å². The molecule has 1 atom stereocenters. The number of thiazole rings is 1. The monoisotopic (exact) mass is 370 g/mol. The van der Waals surface area contributed by atoms with E-state index in [9.17, 15) is 9.18 Å². The van der Waals surface area contributed by atoms with Gasteiger partial charge in [-0.3, -0.25) is 9.69 Å². The zero-order valence-electron chi connectivity index (χ0n) is 14.4. The first-order valence-corrected chi connectivity index (χ1v) is 9.48. The van der Waals surface area contributed by atoms with Gasteiger partial charge in [0.05, 0.1) is 17.3 Å². The molecular formula is C20H19FN2O2S. The molecular weight excluding hydrogens is 351 g/mol. The zero-order chi connectivity index (χ0) is 18.1. The minimum Gasteiger partial charge on any atom is -0.376 e. The number of nitrogens with zero attached hydrogens (tertiary/aromatic N) is 2. The second kappa shape index (κ2) is 7.13. The Morgan fingerprint density at radius 3 is 2.81 bits per heavy atom. The molecule has 1 saturated heterocycles. The van der Waals surface area contributed by atoms with Crippen LogP contribution in [0.2, 0.25) is 0 Å². The lowest BCUT2D eigenvalue weighted by Crippen LogP contribution is -2.37. The van der Waals surface area contributed by atoms with Gasteiger partial charge < -0.3 is 4.74 Å². The maximum Gasteiger partial charge on any atom is 0.260 e. The number of carbonyl (C=O) groups excluding carboxylic acids is 1. The van der Waals surface area contributed by atoms with Crippen LogP contribution in [-0.4, -0.2) is 30.1 Å². The number of aromatic nitrogens is 1. The number of para-hydroxylation sites is 1. The van der Waals surface area contributed by atoms with Crippen molar-refractivity contribution in [2.75, 3.05) is 18.1 Å². The highest BCUT2D eigenvalue weighted by Crippen LogP contribution is 2.32. The number of anilines is 1. The summed E-state index contributed by atoms with van der Waals surface area (Å²) in [5, 5.41) is 0.506. The molecule has 0 bridgehead atoms. The molecule has 1 aromatic heterocycles. The molecule has 4 nitrogen and oxygen atoms in total. The van der Waals surface area contributed by atoms with Crippen LogP contribution in [0.5, 0.6) is 0 Å². The molecule has 2 aromatic carbocycles. The van der Waals surface area contributed by atoms with E-state index in [2.05, 4.69) is 4.98 Å². The van der Waals surface area contributed by atoms with Gasteiger partial charge >= 0.3 is 0 Å². The number of aryl methyl sites for hydroxylation is 1. The summed E-state index contributed by atoms with van der Waals surface area (Å²) in [5.41, 5.74) is 1.99. The van der Waals surface area contributed by atoms with Crippen LogP contribution in [0.15, 0.2) is 42.5 Å². The third-order valence-electron chi connectivity index (χ3n) is 4.54. The summed E-state index contributed by atoms with van der Waals surface area (Å²) in [6.07, 6.45) is 1.89. The molecule has 0 N–H and O–H groups in total. The third kappa shape index (κ3) is 3.34. The Morgan fingerprint density at radius 1 is 1.31 bits per heavy atom. The first kappa shape index (κ1) is 17.1. The number of rotatable bonds is 4. The van der Waals surface area contributed by atoms with Gasteiger partial charge in [-0.1, -0.05) is 35.1 Å². The molecule has 6 heteroatoms. The van der Waals surface area contributed by atoms with Crippen LogP contribution < -0.4 is 4.90 Å². The average molecular weight is 370 g/mol. The Kier molecular flexibility index (Phi) is 4.70. The molecule has 1 unspecified atom stereocenters. The van der Waals surface area contributed by atoms with Crippen molar-refractivity contribution in [1.29, 1.82) is 0 Å². The van der Waals surface area contributed by atoms with Gasteiger partial charge in [0.15, 0.2) is 5.13 Å². The van der Waals surface area contributed by atoms with Crippen molar-refractivity contribution in [3.63, 3.8) is 0 Å². The van der Waals surface area contributed by atoms with Gasteiger partial charge in [0.25, 0.3) is 5.91 Å². The SMILES string of the molecule is Cc1ccc(C(=O)N(CC2CCCO2)c2nc3c(F)cccc3s2)cc1. The quantitative estimate of drug-likeness (QED) is 0.676. The lowest BCUT2D eigenvalue weighted by molar-refractivity contribution is 0.0917. The van der Waals surface area contributed by atoms with Crippen LogP contribution in [0, 0.1) is 12.7 Å². The molecule has 0 saturated carbocycles. The number of benzene rings is 2. The third-order valence-corrected chi connectivity index (χ3v) is 5.59. The number of fused-ring (bicyclic) bond motifs is 1. The van der Waals surface area contributed by atoms with Crippen molar-refractivity contribution in [3.8, 4) is 0 Å². The van der Waals surface area contributed by atoms with Crippen molar-refractivity contribution in [2.24, 2.45) is 0 Å². The molecule has 1 aliphatic heterocycles. The second-order valence-corrected chi connectivity index (χ2v) is 7.51. The van der Waals surface area contributed by atoms with Crippen LogP contribution in [0.3, 0.4) is 0 Å². The summed E-state index contributed by atoms with van der Waals surface area (Å²) in [7, 11) is 0. The highest BCUT2D eigenvalue weighted by atomic mass is 32.1. The lowest BCUT2D eigenvalue weighted by Gasteiger charge is -2.23. The van der Waals surface area contributed by atoms with E-state index in [-0.39, 0.29) is 17.8 Å². The van der Waals surface area contributed by atoms with Crippen LogP contribution in [0.4, 0.5) is 9.52 Å². The van der Waals surface area contributed by atoms with Gasteiger partial charge in [-0.05, 0) is 44.0 Å². The Hall–Kier alpha value is -2.31. The van der Waals surface area contributed by atoms with E-state index in [0.29, 0.717) is 29.4 Å². The molecule has 0 radical (unpaired) electrons. The van der Waals surface area contributed by atoms with Crippen LogP contribution in [0.1, 0.15) is 28.8 Å². The first-order valence-electron chi connectivity index (χ1n) is 8.67. The fraction of sp³-hybridized carbons (Fsp3) is 0.300. The number of ether oxygens (including phenoxy) is 1. The fourth-order valence-electron chi connectivity index (χ4n) is 3.11. The van der Waals surface area contributed by atoms with Crippen molar-refractivity contribution in [3.05, 3.63) is 59.4 Å². The molecule has 0 spiro atoms. The van der Waals surface area contributed by atoms with Crippen molar-refractivity contribution in [2.45, 2.75) is 25.9 Å². The fourth-order valence-corrected chi connectivity index (χ4v) is 4.10. The first-order chi connectivity index (χ1) is 12.6. The van der Waals surface area contributed by atoms with Gasteiger partial charge in [0, 0.05) is 12.2 Å². The number of halogens is 1. The van der Waals surface area contributed by atoms with Gasteiger partial charge in [0.2, 0.25) is 0 Å². The number of hydrogen-bond donors (Lipinski definition) is 0. The van der Waals surface area contributed by atoms with E-state index in [1.54, 1.807) is 11.0 Å². The highest BCUT2D eigenvalue weighted by molar-refractivity contribution is 7.22. The molecule has 1 amide bonds. The van der Waals surface area contributed by atoms with Gasteiger partial charge in [-0.25, -0.2) is 9.37 Å². The zero-order valence-corrected chi connectivity index (χ0v) is 15.3. The summed E-state index contributed by atoms with van der Waals surface area (Å²) < 4.78 is 20.5. The van der Waals surface area contributed by atoms with E-state index in [1.807, 2.05) is 37.3 Å². The Bertz CT molecular complexity index is 933. The minimum atomic E-state index is -0.371. The number of amides is 1. The Balaban J connectivity index is 1.72. The Labute approximate surface area is 155 Å². The number of hydrogen-bond acceptors (Lipinski definition) is 4. The molecule has 1 aliphatic rings. The van der Waals surface area contributed by atoms with E-state index >= 15 is 0 Å². The van der Waals surface area contributed by atoms with E-state index in [4.69, 9.17) is 4.74 Å². The van der Waals surface area contributed by atoms with Crippen LogP contribution >= 0.6 is 11.3 Å². The van der Waals surface area contributed by atoms with Crippen molar-refractivity contribution >= 4 is 32.6 Å². The molecule has 1 fully saturated rings. The second-order valence-electron chi connectivity index (χ2n) is 6.50. The predicted octanol–water partition coefficient (Wildman–Crippen LogP) is 4.57. The maximum absolute atomic E-state index is 14.1. The molecule has 2 heterocycles. The normalized spacial score (nSPS) is 16.9. The van der Waals surface area contributed by atoms with Crippen molar-refractivity contribution in [1.82, 2.24) is 4.98 Å². The number of carbonyl (C=O) groups is 1. The van der Waals surface area contributed by atoms with Gasteiger partial charge in [-0.15, -0.1) is 0 Å². The average Bonchev–Trinajstić information content (AvgIpc) is 3.30. The summed E-state index contributed by atoms with van der Waals surface area (Å²) in [6, 6.07) is 12.3. The standard InChI is InChI=1S/C20H19FN2O2S/c1-13-7-9-14(10-8-13)19(24)23(12-15-4-3-11-25-15)20-22-18-16(21)5-2-6-17(18)26-20/h2,5-10,15H,3-4,11-12H2,1H3. The molecule has 4 rings (SSSR count).